The molecule has 1 aromatic carbocycles. The van der Waals surface area contributed by atoms with Gasteiger partial charge in [0.15, 0.2) is 0 Å². The third-order valence-corrected chi connectivity index (χ3v) is 3.27. The normalized spacial score (nSPS) is 22.6. The molecule has 90 valence electrons. The van der Waals surface area contributed by atoms with Gasteiger partial charge in [-0.3, -0.25) is 0 Å². The molecule has 0 aromatic heterocycles. The first kappa shape index (κ1) is 12.2. The highest BCUT2D eigenvalue weighted by Gasteiger charge is 2.29. The lowest BCUT2D eigenvalue weighted by Gasteiger charge is -2.36. The Morgan fingerprint density at radius 1 is 1.53 bits per heavy atom. The molecule has 1 saturated carbocycles. The van der Waals surface area contributed by atoms with Gasteiger partial charge < -0.3 is 10.1 Å². The number of hydrogen-bond donors (Lipinski definition) is 1. The second-order valence-electron chi connectivity index (χ2n) is 4.20. The van der Waals surface area contributed by atoms with Gasteiger partial charge in [-0.25, -0.2) is 0 Å². The number of benzene rings is 1. The van der Waals surface area contributed by atoms with E-state index in [1.807, 2.05) is 13.0 Å². The van der Waals surface area contributed by atoms with Gasteiger partial charge >= 0.3 is 0 Å². The molecule has 1 aliphatic carbocycles. The molecule has 0 atom stereocenters. The number of hydrogen-bond acceptors (Lipinski definition) is 3. The minimum Gasteiger partial charge on any atom is -0.381 e. The quantitative estimate of drug-likeness (QED) is 0.893. The van der Waals surface area contributed by atoms with Crippen LogP contribution >= 0.6 is 11.6 Å². The predicted molar refractivity (Wildman–Crippen MR) is 68.2 cm³/mol. The fourth-order valence-corrected chi connectivity index (χ4v) is 2.21. The van der Waals surface area contributed by atoms with Crippen molar-refractivity contribution in [1.82, 2.24) is 0 Å². The van der Waals surface area contributed by atoms with Crippen molar-refractivity contribution < 1.29 is 4.74 Å². The lowest BCUT2D eigenvalue weighted by Crippen LogP contribution is -2.40. The van der Waals surface area contributed by atoms with E-state index < -0.39 is 0 Å². The van der Waals surface area contributed by atoms with Crippen molar-refractivity contribution in [2.75, 3.05) is 11.9 Å². The average molecular weight is 251 g/mol. The van der Waals surface area contributed by atoms with Crippen molar-refractivity contribution in [2.24, 2.45) is 0 Å². The third-order valence-electron chi connectivity index (χ3n) is 2.95. The molecule has 0 spiro atoms. The smallest absolute Gasteiger partial charge is 0.0992 e. The summed E-state index contributed by atoms with van der Waals surface area (Å²) in [5, 5.41) is 12.7. The van der Waals surface area contributed by atoms with Crippen molar-refractivity contribution in [3.8, 4) is 6.07 Å². The number of rotatable bonds is 4. The lowest BCUT2D eigenvalue weighted by atomic mass is 9.89. The summed E-state index contributed by atoms with van der Waals surface area (Å²) >= 11 is 6.09. The second kappa shape index (κ2) is 5.39. The highest BCUT2D eigenvalue weighted by Crippen LogP contribution is 2.30. The van der Waals surface area contributed by atoms with Crippen molar-refractivity contribution in [1.29, 1.82) is 5.26 Å². The highest BCUT2D eigenvalue weighted by molar-refractivity contribution is 6.33. The summed E-state index contributed by atoms with van der Waals surface area (Å²) in [6, 6.07) is 7.81. The van der Waals surface area contributed by atoms with Crippen LogP contribution in [0, 0.1) is 11.3 Å². The largest absolute Gasteiger partial charge is 0.381 e. The molecule has 17 heavy (non-hydrogen) atoms. The van der Waals surface area contributed by atoms with E-state index in [1.165, 1.54) is 0 Å². The molecule has 0 heterocycles. The van der Waals surface area contributed by atoms with Crippen molar-refractivity contribution in [2.45, 2.75) is 31.9 Å². The summed E-state index contributed by atoms with van der Waals surface area (Å²) in [4.78, 5) is 0. The summed E-state index contributed by atoms with van der Waals surface area (Å²) in [5.74, 6) is 0. The summed E-state index contributed by atoms with van der Waals surface area (Å²) in [6.45, 7) is 2.78. The zero-order valence-corrected chi connectivity index (χ0v) is 10.5. The molecule has 0 unspecified atom stereocenters. The topological polar surface area (TPSA) is 45.0 Å². The molecule has 0 radical (unpaired) electrons. The monoisotopic (exact) mass is 250 g/mol. The molecule has 1 aliphatic rings. The number of ether oxygens (including phenoxy) is 1. The fraction of sp³-hybridized carbons (Fsp3) is 0.462. The first-order valence-corrected chi connectivity index (χ1v) is 6.18. The van der Waals surface area contributed by atoms with Crippen LogP contribution in [0.3, 0.4) is 0 Å². The van der Waals surface area contributed by atoms with Gasteiger partial charge in [-0.15, -0.1) is 0 Å². The van der Waals surface area contributed by atoms with Crippen molar-refractivity contribution in [3.63, 3.8) is 0 Å². The molecule has 2 rings (SSSR count). The second-order valence-corrected chi connectivity index (χ2v) is 4.60. The third kappa shape index (κ3) is 2.91. The average Bonchev–Trinajstić information content (AvgIpc) is 2.28. The zero-order valence-electron chi connectivity index (χ0n) is 9.74. The Kier molecular flexibility index (Phi) is 3.88. The van der Waals surface area contributed by atoms with Crippen LogP contribution in [-0.2, 0) is 4.74 Å². The van der Waals surface area contributed by atoms with Gasteiger partial charge in [0.1, 0.15) is 0 Å². The molecule has 0 bridgehead atoms. The first-order chi connectivity index (χ1) is 8.22. The summed E-state index contributed by atoms with van der Waals surface area (Å²) < 4.78 is 5.50. The molecule has 0 aliphatic heterocycles. The van der Waals surface area contributed by atoms with Crippen molar-refractivity contribution in [3.05, 3.63) is 28.8 Å². The Labute approximate surface area is 106 Å². The van der Waals surface area contributed by atoms with E-state index in [0.717, 1.165) is 25.1 Å². The van der Waals surface area contributed by atoms with Crippen LogP contribution in [0.1, 0.15) is 25.3 Å². The Balaban J connectivity index is 1.91. The van der Waals surface area contributed by atoms with E-state index in [2.05, 4.69) is 11.4 Å². The Bertz CT molecular complexity index is 436. The maximum absolute atomic E-state index is 8.74. The van der Waals surface area contributed by atoms with Crippen LogP contribution in [-0.4, -0.2) is 18.8 Å². The van der Waals surface area contributed by atoms with E-state index in [0.29, 0.717) is 22.7 Å². The van der Waals surface area contributed by atoms with Crippen LogP contribution in [0.2, 0.25) is 5.02 Å². The number of anilines is 1. The van der Waals surface area contributed by atoms with Gasteiger partial charge in [-0.05, 0) is 38.0 Å². The number of nitriles is 1. The summed E-state index contributed by atoms with van der Waals surface area (Å²) in [7, 11) is 0. The minimum absolute atomic E-state index is 0.384. The van der Waals surface area contributed by atoms with Gasteiger partial charge in [0, 0.05) is 12.6 Å². The molecule has 4 heteroatoms. The molecule has 1 aromatic rings. The first-order valence-electron chi connectivity index (χ1n) is 5.80. The van der Waals surface area contributed by atoms with Crippen LogP contribution in [0.4, 0.5) is 5.69 Å². The molecule has 0 saturated heterocycles. The van der Waals surface area contributed by atoms with E-state index in [1.54, 1.807) is 12.1 Å². The Hall–Kier alpha value is -1.24. The van der Waals surface area contributed by atoms with Gasteiger partial charge in [0.2, 0.25) is 0 Å². The molecular formula is C13H15ClN2O. The van der Waals surface area contributed by atoms with Crippen LogP contribution in [0.5, 0.6) is 0 Å². The Morgan fingerprint density at radius 3 is 2.88 bits per heavy atom. The predicted octanol–water partition coefficient (Wildman–Crippen LogP) is 3.19. The van der Waals surface area contributed by atoms with Gasteiger partial charge in [-0.2, -0.15) is 5.26 Å². The number of nitrogens with zero attached hydrogens (tertiary/aromatic N) is 1. The molecular weight excluding hydrogens is 236 g/mol. The lowest BCUT2D eigenvalue weighted by molar-refractivity contribution is 0.00299. The standard InChI is InChI=1S/C13H15ClN2O/c1-2-17-11-6-10(7-11)16-13-4-3-9(8-15)5-12(13)14/h3-5,10-11,16H,2,6-7H2,1H3. The van der Waals surface area contributed by atoms with E-state index in [-0.39, 0.29) is 0 Å². The van der Waals surface area contributed by atoms with E-state index in [9.17, 15) is 0 Å². The van der Waals surface area contributed by atoms with Gasteiger partial charge in [0.25, 0.3) is 0 Å². The van der Waals surface area contributed by atoms with Crippen LogP contribution in [0.15, 0.2) is 18.2 Å². The summed E-state index contributed by atoms with van der Waals surface area (Å²) in [6.07, 6.45) is 2.42. The SMILES string of the molecule is CCOC1CC(Nc2ccc(C#N)cc2Cl)C1. The minimum atomic E-state index is 0.384. The molecule has 3 nitrogen and oxygen atoms in total. The number of nitrogens with one attached hydrogen (secondary N) is 1. The maximum atomic E-state index is 8.74. The molecule has 1 N–H and O–H groups in total. The van der Waals surface area contributed by atoms with Gasteiger partial charge in [-0.1, -0.05) is 11.6 Å². The van der Waals surface area contributed by atoms with Crippen molar-refractivity contribution >= 4 is 17.3 Å². The van der Waals surface area contributed by atoms with Gasteiger partial charge in [0.05, 0.1) is 28.4 Å². The fourth-order valence-electron chi connectivity index (χ4n) is 1.98. The summed E-state index contributed by atoms with van der Waals surface area (Å²) in [5.41, 5.74) is 1.48. The molecule has 1 fully saturated rings. The molecule has 0 amide bonds. The van der Waals surface area contributed by atoms with Crippen LogP contribution < -0.4 is 5.32 Å². The Morgan fingerprint density at radius 2 is 2.29 bits per heavy atom. The zero-order chi connectivity index (χ0) is 12.3. The van der Waals surface area contributed by atoms with Crippen LogP contribution in [0.25, 0.3) is 0 Å². The number of halogens is 1. The van der Waals surface area contributed by atoms with E-state index in [4.69, 9.17) is 21.6 Å². The highest BCUT2D eigenvalue weighted by atomic mass is 35.5. The maximum Gasteiger partial charge on any atom is 0.0992 e. The van der Waals surface area contributed by atoms with E-state index >= 15 is 0 Å².